The predicted octanol–water partition coefficient (Wildman–Crippen LogP) is 3.91. The van der Waals surface area contributed by atoms with E-state index in [-0.39, 0.29) is 0 Å². The minimum Gasteiger partial charge on any atom is -0.353 e. The lowest BCUT2D eigenvalue weighted by Gasteiger charge is -2.35. The van der Waals surface area contributed by atoms with Gasteiger partial charge in [-0.2, -0.15) is 4.98 Å². The van der Waals surface area contributed by atoms with Crippen LogP contribution in [0.3, 0.4) is 0 Å². The molecule has 2 heterocycles. The molecule has 9 heteroatoms. The normalized spacial score (nSPS) is 17.7. The third-order valence-electron chi connectivity index (χ3n) is 5.94. The average molecular weight is 433 g/mol. The SMILES string of the molecule is Cc1cc(N2CCN(C(=O)c3ccc(F)c(F)c3F)CC2)nc(NC2CCCCC2)n1. The van der Waals surface area contributed by atoms with Gasteiger partial charge in [0, 0.05) is 44.0 Å². The molecule has 1 aromatic heterocycles. The van der Waals surface area contributed by atoms with Crippen molar-refractivity contribution >= 4 is 17.7 Å². The minimum absolute atomic E-state index is 0.325. The molecule has 1 aliphatic carbocycles. The number of carbonyl (C=O) groups is 1. The van der Waals surface area contributed by atoms with Gasteiger partial charge in [0.15, 0.2) is 17.5 Å². The molecular weight excluding hydrogens is 407 g/mol. The standard InChI is InChI=1S/C22H26F3N5O/c1-14-13-18(28-22(26-14)27-15-5-3-2-4-6-15)29-9-11-30(12-10-29)21(31)16-7-8-17(23)20(25)19(16)24/h7-8,13,15H,2-6,9-12H2,1H3,(H,26,27,28). The van der Waals surface area contributed by atoms with E-state index >= 15 is 0 Å². The van der Waals surface area contributed by atoms with Crippen LogP contribution in [0.5, 0.6) is 0 Å². The summed E-state index contributed by atoms with van der Waals surface area (Å²) in [4.78, 5) is 25.3. The molecule has 2 aromatic rings. The van der Waals surface area contributed by atoms with E-state index in [1.165, 1.54) is 24.2 Å². The second-order valence-electron chi connectivity index (χ2n) is 8.17. The van der Waals surface area contributed by atoms with E-state index in [1.54, 1.807) is 0 Å². The van der Waals surface area contributed by atoms with Crippen molar-refractivity contribution in [2.24, 2.45) is 0 Å². The molecule has 0 atom stereocenters. The molecule has 0 unspecified atom stereocenters. The Balaban J connectivity index is 1.41. The maximum absolute atomic E-state index is 14.0. The number of aromatic nitrogens is 2. The molecule has 0 spiro atoms. The molecule has 1 saturated heterocycles. The Bertz CT molecular complexity index is 956. The first-order chi connectivity index (χ1) is 14.9. The molecule has 1 amide bonds. The van der Waals surface area contributed by atoms with Crippen LogP contribution in [0.1, 0.15) is 48.2 Å². The van der Waals surface area contributed by atoms with E-state index in [0.29, 0.717) is 38.2 Å². The van der Waals surface area contributed by atoms with E-state index in [2.05, 4.69) is 15.3 Å². The minimum atomic E-state index is -1.63. The van der Waals surface area contributed by atoms with Gasteiger partial charge in [0.25, 0.3) is 5.91 Å². The largest absolute Gasteiger partial charge is 0.353 e. The summed E-state index contributed by atoms with van der Waals surface area (Å²) in [5.41, 5.74) is 0.398. The van der Waals surface area contributed by atoms with Crippen LogP contribution in [0.25, 0.3) is 0 Å². The van der Waals surface area contributed by atoms with Crippen molar-refractivity contribution in [3.63, 3.8) is 0 Å². The van der Waals surface area contributed by atoms with Crippen LogP contribution in [0.4, 0.5) is 24.9 Å². The smallest absolute Gasteiger partial charge is 0.257 e. The van der Waals surface area contributed by atoms with Gasteiger partial charge in [-0.1, -0.05) is 19.3 Å². The van der Waals surface area contributed by atoms with E-state index in [1.807, 2.05) is 17.9 Å². The maximum atomic E-state index is 14.0. The van der Waals surface area contributed by atoms with Crippen molar-refractivity contribution in [3.8, 4) is 0 Å². The highest BCUT2D eigenvalue weighted by molar-refractivity contribution is 5.94. The molecule has 0 radical (unpaired) electrons. The van der Waals surface area contributed by atoms with Crippen LogP contribution in [0.2, 0.25) is 0 Å². The molecule has 2 aliphatic rings. The van der Waals surface area contributed by atoms with Crippen molar-refractivity contribution in [2.45, 2.75) is 45.1 Å². The summed E-state index contributed by atoms with van der Waals surface area (Å²) < 4.78 is 40.6. The first-order valence-corrected chi connectivity index (χ1v) is 10.7. The zero-order valence-corrected chi connectivity index (χ0v) is 17.5. The Hall–Kier alpha value is -2.84. The van der Waals surface area contributed by atoms with Gasteiger partial charge < -0.3 is 15.1 Å². The molecule has 1 aromatic carbocycles. The summed E-state index contributed by atoms with van der Waals surface area (Å²) in [6.07, 6.45) is 5.94. The zero-order chi connectivity index (χ0) is 22.0. The molecular formula is C22H26F3N5O. The number of amides is 1. The van der Waals surface area contributed by atoms with Crippen LogP contribution >= 0.6 is 0 Å². The summed E-state index contributed by atoms with van der Waals surface area (Å²) >= 11 is 0. The number of halogens is 3. The fraction of sp³-hybridized carbons (Fsp3) is 0.500. The van der Waals surface area contributed by atoms with E-state index in [0.717, 1.165) is 36.5 Å². The summed E-state index contributed by atoms with van der Waals surface area (Å²) in [5, 5.41) is 3.44. The molecule has 0 bridgehead atoms. The number of nitrogens with zero attached hydrogens (tertiary/aromatic N) is 4. The number of anilines is 2. The first kappa shape index (κ1) is 21.4. The van der Waals surface area contributed by atoms with Gasteiger partial charge in [-0.15, -0.1) is 0 Å². The lowest BCUT2D eigenvalue weighted by Crippen LogP contribution is -2.49. The zero-order valence-electron chi connectivity index (χ0n) is 17.5. The van der Waals surface area contributed by atoms with Crippen molar-refractivity contribution in [2.75, 3.05) is 36.4 Å². The van der Waals surface area contributed by atoms with Crippen molar-refractivity contribution in [1.29, 1.82) is 0 Å². The quantitative estimate of drug-likeness (QED) is 0.741. The van der Waals surface area contributed by atoms with E-state index < -0.39 is 28.9 Å². The van der Waals surface area contributed by atoms with Crippen LogP contribution in [-0.4, -0.2) is 53.0 Å². The highest BCUT2D eigenvalue weighted by Gasteiger charge is 2.27. The topological polar surface area (TPSA) is 61.4 Å². The second kappa shape index (κ2) is 9.11. The molecule has 6 nitrogen and oxygen atoms in total. The van der Waals surface area contributed by atoms with Gasteiger partial charge in [-0.25, -0.2) is 18.2 Å². The lowest BCUT2D eigenvalue weighted by molar-refractivity contribution is 0.0740. The molecule has 1 saturated carbocycles. The number of benzene rings is 1. The van der Waals surface area contributed by atoms with Gasteiger partial charge in [-0.05, 0) is 31.9 Å². The lowest BCUT2D eigenvalue weighted by atomic mass is 9.96. The third-order valence-corrected chi connectivity index (χ3v) is 5.94. The maximum Gasteiger partial charge on any atom is 0.257 e. The molecule has 4 rings (SSSR count). The van der Waals surface area contributed by atoms with Gasteiger partial charge >= 0.3 is 0 Å². The predicted molar refractivity (Wildman–Crippen MR) is 112 cm³/mol. The highest BCUT2D eigenvalue weighted by Crippen LogP contribution is 2.23. The fourth-order valence-corrected chi connectivity index (χ4v) is 4.21. The Morgan fingerprint density at radius 2 is 1.71 bits per heavy atom. The van der Waals surface area contributed by atoms with Crippen LogP contribution < -0.4 is 10.2 Å². The number of hydrogen-bond acceptors (Lipinski definition) is 5. The number of aryl methyl sites for hydroxylation is 1. The number of piperazine rings is 1. The van der Waals surface area contributed by atoms with Crippen LogP contribution in [0.15, 0.2) is 18.2 Å². The summed E-state index contributed by atoms with van der Waals surface area (Å²) in [6.45, 7) is 3.56. The average Bonchev–Trinajstić information content (AvgIpc) is 2.78. The third kappa shape index (κ3) is 4.75. The van der Waals surface area contributed by atoms with Crippen molar-refractivity contribution in [3.05, 3.63) is 46.9 Å². The van der Waals surface area contributed by atoms with Gasteiger partial charge in [-0.3, -0.25) is 4.79 Å². The van der Waals surface area contributed by atoms with Crippen molar-refractivity contribution < 1.29 is 18.0 Å². The molecule has 1 aliphatic heterocycles. The Morgan fingerprint density at radius 3 is 2.42 bits per heavy atom. The summed E-state index contributed by atoms with van der Waals surface area (Å²) in [7, 11) is 0. The molecule has 1 N–H and O–H groups in total. The molecule has 2 fully saturated rings. The Labute approximate surface area is 179 Å². The molecule has 166 valence electrons. The summed E-state index contributed by atoms with van der Waals surface area (Å²) in [5.74, 6) is -3.64. The number of hydrogen-bond donors (Lipinski definition) is 1. The van der Waals surface area contributed by atoms with Crippen LogP contribution in [-0.2, 0) is 0 Å². The van der Waals surface area contributed by atoms with Gasteiger partial charge in [0.05, 0.1) is 5.56 Å². The van der Waals surface area contributed by atoms with E-state index in [9.17, 15) is 18.0 Å². The van der Waals surface area contributed by atoms with Gasteiger partial charge in [0.1, 0.15) is 5.82 Å². The Kier molecular flexibility index (Phi) is 6.29. The number of rotatable bonds is 4. The second-order valence-corrected chi connectivity index (χ2v) is 8.17. The van der Waals surface area contributed by atoms with Crippen LogP contribution in [0, 0.1) is 24.4 Å². The number of carbonyl (C=O) groups excluding carboxylic acids is 1. The van der Waals surface area contributed by atoms with E-state index in [4.69, 9.17) is 0 Å². The number of nitrogens with one attached hydrogen (secondary N) is 1. The van der Waals surface area contributed by atoms with Gasteiger partial charge in [0.2, 0.25) is 5.95 Å². The first-order valence-electron chi connectivity index (χ1n) is 10.7. The highest BCUT2D eigenvalue weighted by atomic mass is 19.2. The molecule has 31 heavy (non-hydrogen) atoms. The summed E-state index contributed by atoms with van der Waals surface area (Å²) in [6, 6.07) is 4.05. The Morgan fingerprint density at radius 1 is 1.00 bits per heavy atom. The van der Waals surface area contributed by atoms with Crippen molar-refractivity contribution in [1.82, 2.24) is 14.9 Å². The monoisotopic (exact) mass is 433 g/mol. The fourth-order valence-electron chi connectivity index (χ4n) is 4.21.